The highest BCUT2D eigenvalue weighted by atomic mass is 32.1. The van der Waals surface area contributed by atoms with Crippen molar-refractivity contribution < 1.29 is 14.3 Å². The topological polar surface area (TPSA) is 71.5 Å². The molecule has 1 aromatic heterocycles. The highest BCUT2D eigenvalue weighted by molar-refractivity contribution is 7.11. The third-order valence-corrected chi connectivity index (χ3v) is 5.94. The second kappa shape index (κ2) is 8.28. The Morgan fingerprint density at radius 1 is 1.23 bits per heavy atom. The van der Waals surface area contributed by atoms with Crippen LogP contribution in [0.1, 0.15) is 28.4 Å². The fourth-order valence-corrected chi connectivity index (χ4v) is 4.42. The normalized spacial score (nSPS) is 14.1. The van der Waals surface area contributed by atoms with Crippen LogP contribution in [0.3, 0.4) is 0 Å². The molecule has 1 aliphatic rings. The van der Waals surface area contributed by atoms with Crippen LogP contribution in [0.5, 0.6) is 5.75 Å². The van der Waals surface area contributed by atoms with Crippen molar-refractivity contribution in [3.05, 3.63) is 64.0 Å². The molecule has 0 saturated heterocycles. The first-order valence-electron chi connectivity index (χ1n) is 9.78. The molecule has 2 aromatic carbocycles. The molecule has 30 heavy (non-hydrogen) atoms. The number of aromatic nitrogens is 1. The van der Waals surface area contributed by atoms with E-state index in [4.69, 9.17) is 4.74 Å². The van der Waals surface area contributed by atoms with Crippen LogP contribution < -0.4 is 15.0 Å². The lowest BCUT2D eigenvalue weighted by atomic mass is 10.1. The predicted octanol–water partition coefficient (Wildman–Crippen LogP) is 4.03. The number of carbonyl (C=O) groups excluding carboxylic acids is 2. The third-order valence-electron chi connectivity index (χ3n) is 5.06. The van der Waals surface area contributed by atoms with Gasteiger partial charge in [-0.05, 0) is 44.5 Å². The summed E-state index contributed by atoms with van der Waals surface area (Å²) in [5.74, 6) is 0.124. The molecule has 0 bridgehead atoms. The van der Waals surface area contributed by atoms with Crippen molar-refractivity contribution in [2.24, 2.45) is 0 Å². The second-order valence-corrected chi connectivity index (χ2v) is 8.70. The van der Waals surface area contributed by atoms with Crippen molar-refractivity contribution in [2.45, 2.75) is 26.8 Å². The van der Waals surface area contributed by atoms with E-state index >= 15 is 0 Å². The van der Waals surface area contributed by atoms with Crippen LogP contribution in [0, 0.1) is 13.8 Å². The van der Waals surface area contributed by atoms with Gasteiger partial charge in [-0.3, -0.25) is 14.5 Å². The van der Waals surface area contributed by atoms with Gasteiger partial charge in [0.05, 0.1) is 22.4 Å². The quantitative estimate of drug-likeness (QED) is 0.675. The molecule has 1 aliphatic heterocycles. The van der Waals surface area contributed by atoms with Crippen LogP contribution in [0.4, 0.5) is 5.69 Å². The average Bonchev–Trinajstić information content (AvgIpc) is 3.08. The number of anilines is 1. The van der Waals surface area contributed by atoms with E-state index in [-0.39, 0.29) is 31.0 Å². The number of ether oxygens (including phenoxy) is 1. The van der Waals surface area contributed by atoms with Crippen LogP contribution in [-0.2, 0) is 9.59 Å². The lowest BCUT2D eigenvalue weighted by Crippen LogP contribution is -2.45. The van der Waals surface area contributed by atoms with Crippen molar-refractivity contribution in [1.82, 2.24) is 10.3 Å². The SMILES string of the molecule is Cc1nc(-c2ccc3c(c2)N(CC(=O)NC(C)c2ccccc2)C(=O)CO3)c(C)s1. The summed E-state index contributed by atoms with van der Waals surface area (Å²) in [7, 11) is 0. The maximum absolute atomic E-state index is 12.7. The van der Waals surface area contributed by atoms with Crippen LogP contribution in [0.25, 0.3) is 11.3 Å². The third kappa shape index (κ3) is 4.07. The van der Waals surface area contributed by atoms with E-state index in [0.29, 0.717) is 11.4 Å². The number of hydrogen-bond acceptors (Lipinski definition) is 5. The van der Waals surface area contributed by atoms with Crippen LogP contribution >= 0.6 is 11.3 Å². The summed E-state index contributed by atoms with van der Waals surface area (Å²) in [5.41, 5.74) is 3.39. The molecule has 0 aliphatic carbocycles. The molecular formula is C23H23N3O3S. The highest BCUT2D eigenvalue weighted by Crippen LogP contribution is 2.37. The van der Waals surface area contributed by atoms with Gasteiger partial charge in [-0.15, -0.1) is 11.3 Å². The Balaban J connectivity index is 1.57. The van der Waals surface area contributed by atoms with Crippen molar-refractivity contribution in [3.8, 4) is 17.0 Å². The Labute approximate surface area is 179 Å². The van der Waals surface area contributed by atoms with Gasteiger partial charge in [-0.1, -0.05) is 30.3 Å². The molecule has 2 heterocycles. The fraction of sp³-hybridized carbons (Fsp3) is 0.261. The number of benzene rings is 2. The molecule has 1 N–H and O–H groups in total. The maximum Gasteiger partial charge on any atom is 0.265 e. The monoisotopic (exact) mass is 421 g/mol. The van der Waals surface area contributed by atoms with Crippen LogP contribution in [0.2, 0.25) is 0 Å². The predicted molar refractivity (Wildman–Crippen MR) is 118 cm³/mol. The van der Waals surface area contributed by atoms with E-state index in [1.165, 1.54) is 4.90 Å². The largest absolute Gasteiger partial charge is 0.482 e. The smallest absolute Gasteiger partial charge is 0.265 e. The van der Waals surface area contributed by atoms with E-state index in [1.54, 1.807) is 11.3 Å². The standard InChI is InChI=1S/C23H23N3O3S/c1-14(17-7-5-4-6-8-17)24-21(27)12-26-19-11-18(23-15(2)30-16(3)25-23)9-10-20(19)29-13-22(26)28/h4-11,14H,12-13H2,1-3H3,(H,24,27). The lowest BCUT2D eigenvalue weighted by Gasteiger charge is -2.29. The molecule has 7 heteroatoms. The Kier molecular flexibility index (Phi) is 5.55. The zero-order valence-electron chi connectivity index (χ0n) is 17.1. The number of nitrogens with zero attached hydrogens (tertiary/aromatic N) is 2. The van der Waals surface area contributed by atoms with E-state index in [2.05, 4.69) is 10.3 Å². The Bertz CT molecular complexity index is 1090. The van der Waals surface area contributed by atoms with Gasteiger partial charge in [0, 0.05) is 10.4 Å². The number of thiazole rings is 1. The highest BCUT2D eigenvalue weighted by Gasteiger charge is 2.28. The molecule has 4 rings (SSSR count). The summed E-state index contributed by atoms with van der Waals surface area (Å²) in [4.78, 5) is 32.5. The fourth-order valence-electron chi connectivity index (χ4n) is 3.58. The summed E-state index contributed by atoms with van der Waals surface area (Å²) in [6.45, 7) is 5.77. The lowest BCUT2D eigenvalue weighted by molar-refractivity contribution is -0.125. The van der Waals surface area contributed by atoms with Gasteiger partial charge in [0.2, 0.25) is 5.91 Å². The van der Waals surface area contributed by atoms with E-state index in [1.807, 2.05) is 69.3 Å². The minimum atomic E-state index is -0.242. The number of hydrogen-bond donors (Lipinski definition) is 1. The van der Waals surface area contributed by atoms with E-state index in [9.17, 15) is 9.59 Å². The number of nitrogens with one attached hydrogen (secondary N) is 1. The summed E-state index contributed by atoms with van der Waals surface area (Å²) in [6, 6.07) is 15.2. The molecule has 154 valence electrons. The molecule has 6 nitrogen and oxygen atoms in total. The second-order valence-electron chi connectivity index (χ2n) is 7.29. The Morgan fingerprint density at radius 3 is 2.70 bits per heavy atom. The van der Waals surface area contributed by atoms with Crippen LogP contribution in [0.15, 0.2) is 48.5 Å². The zero-order valence-corrected chi connectivity index (χ0v) is 18.0. The first-order chi connectivity index (χ1) is 14.4. The molecule has 1 atom stereocenters. The van der Waals surface area contributed by atoms with Gasteiger partial charge in [0.25, 0.3) is 5.91 Å². The van der Waals surface area contributed by atoms with Crippen molar-refractivity contribution in [3.63, 3.8) is 0 Å². The van der Waals surface area contributed by atoms with Crippen LogP contribution in [-0.4, -0.2) is 29.9 Å². The molecule has 1 unspecified atom stereocenters. The first-order valence-corrected chi connectivity index (χ1v) is 10.6. The summed E-state index contributed by atoms with van der Waals surface area (Å²) < 4.78 is 5.58. The number of rotatable bonds is 5. The first kappa shape index (κ1) is 20.1. The number of fused-ring (bicyclic) bond motifs is 1. The number of amides is 2. The average molecular weight is 422 g/mol. The number of aryl methyl sites for hydroxylation is 2. The molecule has 3 aromatic rings. The molecule has 2 amide bonds. The minimum absolute atomic E-state index is 0.0646. The Hall–Kier alpha value is -3.19. The van der Waals surface area contributed by atoms with Gasteiger partial charge in [0.1, 0.15) is 12.3 Å². The van der Waals surface area contributed by atoms with Gasteiger partial charge < -0.3 is 10.1 Å². The van der Waals surface area contributed by atoms with Crippen molar-refractivity contribution >= 4 is 28.8 Å². The van der Waals surface area contributed by atoms with Crippen molar-refractivity contribution in [1.29, 1.82) is 0 Å². The van der Waals surface area contributed by atoms with Crippen molar-refractivity contribution in [2.75, 3.05) is 18.1 Å². The zero-order chi connectivity index (χ0) is 21.3. The Morgan fingerprint density at radius 2 is 2.00 bits per heavy atom. The molecule has 0 fully saturated rings. The van der Waals surface area contributed by atoms with Gasteiger partial charge in [0.15, 0.2) is 6.61 Å². The van der Waals surface area contributed by atoms with Gasteiger partial charge >= 0.3 is 0 Å². The molecular weight excluding hydrogens is 398 g/mol. The maximum atomic E-state index is 12.7. The molecule has 0 radical (unpaired) electrons. The minimum Gasteiger partial charge on any atom is -0.482 e. The van der Waals surface area contributed by atoms with Gasteiger partial charge in [-0.2, -0.15) is 0 Å². The van der Waals surface area contributed by atoms with E-state index in [0.717, 1.165) is 26.7 Å². The summed E-state index contributed by atoms with van der Waals surface area (Å²) >= 11 is 1.63. The van der Waals surface area contributed by atoms with Gasteiger partial charge in [-0.25, -0.2) is 4.98 Å². The molecule has 0 spiro atoms. The summed E-state index contributed by atoms with van der Waals surface area (Å²) in [6.07, 6.45) is 0. The molecule has 0 saturated carbocycles. The summed E-state index contributed by atoms with van der Waals surface area (Å²) in [5, 5.41) is 3.95. The van der Waals surface area contributed by atoms with E-state index < -0.39 is 0 Å². The number of carbonyl (C=O) groups is 2.